The molecule has 0 bridgehead atoms. The van der Waals surface area contributed by atoms with E-state index in [0.717, 1.165) is 17.1 Å². The standard InChI is InChI=1S/C13H21NO3/c1-14(2)11(7-8-15)10-5-6-12(16-3)13(9-10)17-4/h5-6,9,11,15H,7-8H2,1-4H3. The second-order valence-electron chi connectivity index (χ2n) is 4.11. The first-order valence-corrected chi connectivity index (χ1v) is 5.63. The van der Waals surface area contributed by atoms with Gasteiger partial charge in [-0.2, -0.15) is 0 Å². The van der Waals surface area contributed by atoms with Crippen LogP contribution >= 0.6 is 0 Å². The van der Waals surface area contributed by atoms with Crippen molar-refractivity contribution in [3.63, 3.8) is 0 Å². The van der Waals surface area contributed by atoms with E-state index in [1.807, 2.05) is 32.3 Å². The van der Waals surface area contributed by atoms with E-state index < -0.39 is 0 Å². The van der Waals surface area contributed by atoms with Crippen LogP contribution in [-0.2, 0) is 0 Å². The van der Waals surface area contributed by atoms with Crippen molar-refractivity contribution in [2.45, 2.75) is 12.5 Å². The molecule has 1 unspecified atom stereocenters. The van der Waals surface area contributed by atoms with Gasteiger partial charge in [-0.1, -0.05) is 6.07 Å². The molecule has 96 valence electrons. The van der Waals surface area contributed by atoms with Gasteiger partial charge < -0.3 is 19.5 Å². The molecule has 17 heavy (non-hydrogen) atoms. The van der Waals surface area contributed by atoms with Crippen LogP contribution in [0.3, 0.4) is 0 Å². The van der Waals surface area contributed by atoms with Crippen LogP contribution in [0.15, 0.2) is 18.2 Å². The number of ether oxygens (including phenoxy) is 2. The van der Waals surface area contributed by atoms with E-state index in [1.165, 1.54) is 0 Å². The van der Waals surface area contributed by atoms with Gasteiger partial charge in [0.1, 0.15) is 0 Å². The summed E-state index contributed by atoms with van der Waals surface area (Å²) in [7, 11) is 7.24. The number of hydrogen-bond donors (Lipinski definition) is 1. The van der Waals surface area contributed by atoms with Gasteiger partial charge in [0.05, 0.1) is 14.2 Å². The molecule has 0 fully saturated rings. The van der Waals surface area contributed by atoms with Crippen molar-refractivity contribution in [1.82, 2.24) is 4.90 Å². The molecule has 0 spiro atoms. The lowest BCUT2D eigenvalue weighted by atomic mass is 10.0. The van der Waals surface area contributed by atoms with Gasteiger partial charge in [-0.15, -0.1) is 0 Å². The molecular formula is C13H21NO3. The SMILES string of the molecule is COc1ccc(C(CCO)N(C)C)cc1OC. The first-order chi connectivity index (χ1) is 8.13. The molecule has 1 rings (SSSR count). The molecule has 0 aromatic heterocycles. The van der Waals surface area contributed by atoms with Crippen LogP contribution in [0.4, 0.5) is 0 Å². The van der Waals surface area contributed by atoms with E-state index in [1.54, 1.807) is 14.2 Å². The smallest absolute Gasteiger partial charge is 0.161 e. The molecule has 0 aliphatic carbocycles. The Morgan fingerprint density at radius 2 is 1.82 bits per heavy atom. The zero-order valence-corrected chi connectivity index (χ0v) is 10.9. The van der Waals surface area contributed by atoms with Crippen molar-refractivity contribution < 1.29 is 14.6 Å². The number of methoxy groups -OCH3 is 2. The predicted molar refractivity (Wildman–Crippen MR) is 67.7 cm³/mol. The maximum absolute atomic E-state index is 9.09. The topological polar surface area (TPSA) is 41.9 Å². The molecule has 4 heteroatoms. The summed E-state index contributed by atoms with van der Waals surface area (Å²) in [6, 6.07) is 6.03. The maximum Gasteiger partial charge on any atom is 0.161 e. The minimum Gasteiger partial charge on any atom is -0.493 e. The third kappa shape index (κ3) is 3.35. The molecule has 1 aromatic rings. The summed E-state index contributed by atoms with van der Waals surface area (Å²) in [5.41, 5.74) is 1.11. The van der Waals surface area contributed by atoms with Crippen molar-refractivity contribution in [1.29, 1.82) is 0 Å². The van der Waals surface area contributed by atoms with Gasteiger partial charge >= 0.3 is 0 Å². The monoisotopic (exact) mass is 239 g/mol. The van der Waals surface area contributed by atoms with Gasteiger partial charge in [-0.3, -0.25) is 0 Å². The average Bonchev–Trinajstić information content (AvgIpc) is 2.34. The Bertz CT molecular complexity index is 353. The van der Waals surface area contributed by atoms with E-state index in [0.29, 0.717) is 6.42 Å². The highest BCUT2D eigenvalue weighted by Gasteiger charge is 2.15. The van der Waals surface area contributed by atoms with Crippen LogP contribution in [0.2, 0.25) is 0 Å². The molecular weight excluding hydrogens is 218 g/mol. The first kappa shape index (κ1) is 13.8. The van der Waals surface area contributed by atoms with E-state index >= 15 is 0 Å². The van der Waals surface area contributed by atoms with Gasteiger partial charge in [-0.25, -0.2) is 0 Å². The van der Waals surface area contributed by atoms with E-state index in [2.05, 4.69) is 4.90 Å². The Kier molecular flexibility index (Phi) is 5.25. The summed E-state index contributed by atoms with van der Waals surface area (Å²) in [5.74, 6) is 1.44. The molecule has 0 radical (unpaired) electrons. The van der Waals surface area contributed by atoms with Crippen LogP contribution < -0.4 is 9.47 Å². The Morgan fingerprint density at radius 3 is 2.29 bits per heavy atom. The zero-order chi connectivity index (χ0) is 12.8. The van der Waals surface area contributed by atoms with Crippen LogP contribution in [0.1, 0.15) is 18.0 Å². The molecule has 0 saturated heterocycles. The fraction of sp³-hybridized carbons (Fsp3) is 0.538. The van der Waals surface area contributed by atoms with Gasteiger partial charge in [0.15, 0.2) is 11.5 Å². The summed E-state index contributed by atoms with van der Waals surface area (Å²) in [4.78, 5) is 2.08. The molecule has 0 saturated carbocycles. The number of aliphatic hydroxyl groups is 1. The first-order valence-electron chi connectivity index (χ1n) is 5.63. The van der Waals surface area contributed by atoms with Crippen molar-refractivity contribution >= 4 is 0 Å². The summed E-state index contributed by atoms with van der Waals surface area (Å²) in [6.07, 6.45) is 0.697. The number of aliphatic hydroxyl groups excluding tert-OH is 1. The number of benzene rings is 1. The molecule has 0 amide bonds. The van der Waals surface area contributed by atoms with Gasteiger partial charge in [0.25, 0.3) is 0 Å². The number of hydrogen-bond acceptors (Lipinski definition) is 4. The maximum atomic E-state index is 9.09. The molecule has 0 aliphatic rings. The average molecular weight is 239 g/mol. The summed E-state index contributed by atoms with van der Waals surface area (Å²) in [5, 5.41) is 9.09. The Morgan fingerprint density at radius 1 is 1.18 bits per heavy atom. The zero-order valence-electron chi connectivity index (χ0n) is 10.9. The lowest BCUT2D eigenvalue weighted by Crippen LogP contribution is -2.21. The van der Waals surface area contributed by atoms with E-state index in [4.69, 9.17) is 14.6 Å². The summed E-state index contributed by atoms with van der Waals surface area (Å²) in [6.45, 7) is 0.164. The second-order valence-corrected chi connectivity index (χ2v) is 4.11. The Hall–Kier alpha value is -1.26. The largest absolute Gasteiger partial charge is 0.493 e. The predicted octanol–water partition coefficient (Wildman–Crippen LogP) is 1.69. The van der Waals surface area contributed by atoms with Crippen LogP contribution in [0.25, 0.3) is 0 Å². The summed E-state index contributed by atoms with van der Waals surface area (Å²) >= 11 is 0. The van der Waals surface area contributed by atoms with Gasteiger partial charge in [0.2, 0.25) is 0 Å². The molecule has 1 aromatic carbocycles. The lowest BCUT2D eigenvalue weighted by molar-refractivity contribution is 0.210. The molecule has 1 atom stereocenters. The highest BCUT2D eigenvalue weighted by molar-refractivity contribution is 5.43. The third-order valence-corrected chi connectivity index (χ3v) is 2.82. The van der Waals surface area contributed by atoms with Crippen molar-refractivity contribution in [3.8, 4) is 11.5 Å². The third-order valence-electron chi connectivity index (χ3n) is 2.82. The van der Waals surface area contributed by atoms with Gasteiger partial charge in [-0.05, 0) is 38.2 Å². The minimum absolute atomic E-state index is 0.164. The molecule has 0 aliphatic heterocycles. The fourth-order valence-electron chi connectivity index (χ4n) is 1.91. The lowest BCUT2D eigenvalue weighted by Gasteiger charge is -2.24. The van der Waals surface area contributed by atoms with Crippen LogP contribution in [-0.4, -0.2) is 44.9 Å². The van der Waals surface area contributed by atoms with Crippen molar-refractivity contribution in [2.75, 3.05) is 34.9 Å². The highest BCUT2D eigenvalue weighted by atomic mass is 16.5. The van der Waals surface area contributed by atoms with Crippen LogP contribution in [0.5, 0.6) is 11.5 Å². The highest BCUT2D eigenvalue weighted by Crippen LogP contribution is 2.32. The molecule has 1 N–H and O–H groups in total. The van der Waals surface area contributed by atoms with Crippen molar-refractivity contribution in [3.05, 3.63) is 23.8 Å². The normalized spacial score (nSPS) is 12.6. The van der Waals surface area contributed by atoms with E-state index in [9.17, 15) is 0 Å². The number of nitrogens with zero attached hydrogens (tertiary/aromatic N) is 1. The second kappa shape index (κ2) is 6.47. The molecule has 0 heterocycles. The van der Waals surface area contributed by atoms with Crippen molar-refractivity contribution in [2.24, 2.45) is 0 Å². The Labute approximate surface area is 103 Å². The van der Waals surface area contributed by atoms with Crippen LogP contribution in [0, 0.1) is 0 Å². The van der Waals surface area contributed by atoms with E-state index in [-0.39, 0.29) is 12.6 Å². The quantitative estimate of drug-likeness (QED) is 0.820. The summed E-state index contributed by atoms with van der Waals surface area (Å²) < 4.78 is 10.5. The fourth-order valence-corrected chi connectivity index (χ4v) is 1.91. The van der Waals surface area contributed by atoms with Gasteiger partial charge in [0, 0.05) is 12.6 Å². The number of rotatable bonds is 6. The Balaban J connectivity index is 3.03. The molecule has 4 nitrogen and oxygen atoms in total. The minimum atomic E-state index is 0.164.